The first kappa shape index (κ1) is 27.8. The Hall–Kier alpha value is -1.47. The first-order valence-corrected chi connectivity index (χ1v) is 12.2. The van der Waals surface area contributed by atoms with Crippen LogP contribution in [0.25, 0.3) is 0 Å². The zero-order chi connectivity index (χ0) is 24.8. The summed E-state index contributed by atoms with van der Waals surface area (Å²) in [6.07, 6.45) is 0.276. The van der Waals surface area contributed by atoms with E-state index in [-0.39, 0.29) is 28.1 Å². The first-order chi connectivity index (χ1) is 15.5. The largest absolute Gasteiger partial charge is 0.463 e. The second-order valence-corrected chi connectivity index (χ2v) is 9.44. The predicted molar refractivity (Wildman–Crippen MR) is 121 cm³/mol. The van der Waals surface area contributed by atoms with Crippen LogP contribution in [0.2, 0.25) is 10.0 Å². The molecular weight excluding hydrogens is 480 g/mol. The molecule has 1 aromatic rings. The standard InChI is InChI=1S/C24H31Cl2F3O4/c1-4-7-15-9-10-23(22(31)32-6-3,14-16(15)8-5-2)33-21(30)13-18-19(25)11-17(12-20(18)26)24(27,28)29/h11-12,15-16H,4-10,13-14H2,1-3H3. The Morgan fingerprint density at radius 3 is 2.15 bits per heavy atom. The zero-order valence-electron chi connectivity index (χ0n) is 19.2. The van der Waals surface area contributed by atoms with Crippen molar-refractivity contribution in [2.75, 3.05) is 6.61 Å². The van der Waals surface area contributed by atoms with Crippen LogP contribution >= 0.6 is 23.2 Å². The fourth-order valence-corrected chi connectivity index (χ4v) is 5.34. The third kappa shape index (κ3) is 7.01. The number of carbonyl (C=O) groups is 2. The number of halogens is 5. The van der Waals surface area contributed by atoms with E-state index in [2.05, 4.69) is 13.8 Å². The van der Waals surface area contributed by atoms with Crippen LogP contribution in [0, 0.1) is 11.8 Å². The van der Waals surface area contributed by atoms with E-state index >= 15 is 0 Å². The third-order valence-corrected chi connectivity index (χ3v) is 6.92. The highest BCUT2D eigenvalue weighted by atomic mass is 35.5. The molecule has 3 atom stereocenters. The van der Waals surface area contributed by atoms with E-state index in [0.717, 1.165) is 44.2 Å². The Morgan fingerprint density at radius 2 is 1.64 bits per heavy atom. The normalized spacial score (nSPS) is 23.3. The van der Waals surface area contributed by atoms with E-state index < -0.39 is 35.7 Å². The summed E-state index contributed by atoms with van der Waals surface area (Å²) >= 11 is 12.0. The fourth-order valence-electron chi connectivity index (χ4n) is 4.72. The van der Waals surface area contributed by atoms with Crippen LogP contribution in [0.5, 0.6) is 0 Å². The summed E-state index contributed by atoms with van der Waals surface area (Å²) in [6, 6.07) is 1.45. The molecule has 186 valence electrons. The summed E-state index contributed by atoms with van der Waals surface area (Å²) in [4.78, 5) is 25.8. The molecule has 3 unspecified atom stereocenters. The summed E-state index contributed by atoms with van der Waals surface area (Å²) in [5.41, 5.74) is -2.39. The minimum Gasteiger partial charge on any atom is -0.463 e. The van der Waals surface area contributed by atoms with Crippen molar-refractivity contribution < 1.29 is 32.2 Å². The van der Waals surface area contributed by atoms with Gasteiger partial charge in [-0.3, -0.25) is 4.79 Å². The molecule has 4 nitrogen and oxygen atoms in total. The maximum Gasteiger partial charge on any atom is 0.416 e. The van der Waals surface area contributed by atoms with Crippen molar-refractivity contribution in [1.29, 1.82) is 0 Å². The smallest absolute Gasteiger partial charge is 0.416 e. The molecule has 0 bridgehead atoms. The van der Waals surface area contributed by atoms with Crippen molar-refractivity contribution in [3.8, 4) is 0 Å². The third-order valence-electron chi connectivity index (χ3n) is 6.24. The predicted octanol–water partition coefficient (Wildman–Crippen LogP) is 7.42. The van der Waals surface area contributed by atoms with E-state index in [4.69, 9.17) is 32.7 Å². The van der Waals surface area contributed by atoms with Gasteiger partial charge in [0, 0.05) is 22.0 Å². The Kier molecular flexibility index (Phi) is 9.92. The van der Waals surface area contributed by atoms with Gasteiger partial charge in [-0.25, -0.2) is 4.79 Å². The Labute approximate surface area is 203 Å². The monoisotopic (exact) mass is 510 g/mol. The molecule has 0 amide bonds. The lowest BCUT2D eigenvalue weighted by Gasteiger charge is -2.42. The number of carbonyl (C=O) groups excluding carboxylic acids is 2. The highest BCUT2D eigenvalue weighted by Crippen LogP contribution is 2.44. The van der Waals surface area contributed by atoms with Gasteiger partial charge in [0.2, 0.25) is 5.60 Å². The minimum atomic E-state index is -4.62. The Morgan fingerprint density at radius 1 is 1.06 bits per heavy atom. The molecule has 0 heterocycles. The molecule has 0 saturated heterocycles. The number of esters is 2. The number of rotatable bonds is 9. The summed E-state index contributed by atoms with van der Waals surface area (Å²) in [7, 11) is 0. The van der Waals surface area contributed by atoms with Crippen LogP contribution in [0.15, 0.2) is 12.1 Å². The number of alkyl halides is 3. The number of hydrogen-bond acceptors (Lipinski definition) is 4. The van der Waals surface area contributed by atoms with Gasteiger partial charge in [-0.15, -0.1) is 0 Å². The van der Waals surface area contributed by atoms with Crippen LogP contribution in [0.4, 0.5) is 13.2 Å². The molecule has 1 aliphatic carbocycles. The molecule has 1 saturated carbocycles. The van der Waals surface area contributed by atoms with Crippen molar-refractivity contribution in [3.63, 3.8) is 0 Å². The molecule has 0 aromatic heterocycles. The molecule has 0 radical (unpaired) electrons. The molecule has 1 aromatic carbocycles. The summed E-state index contributed by atoms with van der Waals surface area (Å²) in [5.74, 6) is -0.719. The molecule has 2 rings (SSSR count). The molecular formula is C24H31Cl2F3O4. The number of ether oxygens (including phenoxy) is 2. The number of hydrogen-bond donors (Lipinski definition) is 0. The number of benzene rings is 1. The van der Waals surface area contributed by atoms with Crippen molar-refractivity contribution in [3.05, 3.63) is 33.3 Å². The van der Waals surface area contributed by atoms with E-state index in [1.54, 1.807) is 6.92 Å². The van der Waals surface area contributed by atoms with Crippen molar-refractivity contribution >= 4 is 35.1 Å². The van der Waals surface area contributed by atoms with Crippen LogP contribution in [-0.4, -0.2) is 24.1 Å². The van der Waals surface area contributed by atoms with Crippen LogP contribution in [0.3, 0.4) is 0 Å². The van der Waals surface area contributed by atoms with E-state index in [1.807, 2.05) is 0 Å². The van der Waals surface area contributed by atoms with E-state index in [0.29, 0.717) is 18.8 Å². The minimum absolute atomic E-state index is 0.0279. The van der Waals surface area contributed by atoms with Gasteiger partial charge in [0.1, 0.15) is 0 Å². The van der Waals surface area contributed by atoms with Crippen LogP contribution in [-0.2, 0) is 31.7 Å². The van der Waals surface area contributed by atoms with Crippen molar-refractivity contribution in [1.82, 2.24) is 0 Å². The van der Waals surface area contributed by atoms with Gasteiger partial charge in [-0.05, 0) is 43.7 Å². The molecule has 1 fully saturated rings. The molecule has 0 spiro atoms. The second kappa shape index (κ2) is 11.8. The maximum atomic E-state index is 13.0. The van der Waals surface area contributed by atoms with E-state index in [1.165, 1.54) is 0 Å². The van der Waals surface area contributed by atoms with Crippen molar-refractivity contribution in [2.45, 2.75) is 83.9 Å². The van der Waals surface area contributed by atoms with Gasteiger partial charge >= 0.3 is 18.1 Å². The average molecular weight is 511 g/mol. The van der Waals surface area contributed by atoms with Crippen LogP contribution in [0.1, 0.15) is 76.8 Å². The average Bonchev–Trinajstić information content (AvgIpc) is 2.72. The molecule has 33 heavy (non-hydrogen) atoms. The van der Waals surface area contributed by atoms with Gasteiger partial charge in [-0.2, -0.15) is 13.2 Å². The molecule has 1 aliphatic rings. The summed E-state index contributed by atoms with van der Waals surface area (Å²) in [6.45, 7) is 6.02. The lowest BCUT2D eigenvalue weighted by molar-refractivity contribution is -0.190. The van der Waals surface area contributed by atoms with Crippen molar-refractivity contribution in [2.24, 2.45) is 11.8 Å². The lowest BCUT2D eigenvalue weighted by atomic mass is 9.68. The Balaban J connectivity index is 2.28. The highest BCUT2D eigenvalue weighted by molar-refractivity contribution is 6.36. The van der Waals surface area contributed by atoms with E-state index in [9.17, 15) is 22.8 Å². The topological polar surface area (TPSA) is 52.6 Å². The SMILES string of the molecule is CCCC1CCC(OC(=O)Cc2c(Cl)cc(C(F)(F)F)cc2Cl)(C(=O)OCC)CC1CCC. The molecule has 0 aliphatic heterocycles. The zero-order valence-corrected chi connectivity index (χ0v) is 20.7. The van der Waals surface area contributed by atoms with Gasteiger partial charge in [0.05, 0.1) is 18.6 Å². The second-order valence-electron chi connectivity index (χ2n) is 8.62. The first-order valence-electron chi connectivity index (χ1n) is 11.4. The van der Waals surface area contributed by atoms with Gasteiger partial charge in [0.15, 0.2) is 0 Å². The maximum absolute atomic E-state index is 13.0. The van der Waals surface area contributed by atoms with Gasteiger partial charge in [0.25, 0.3) is 0 Å². The van der Waals surface area contributed by atoms with Gasteiger partial charge < -0.3 is 9.47 Å². The Bertz CT molecular complexity index is 820. The fraction of sp³-hybridized carbons (Fsp3) is 0.667. The molecule has 9 heteroatoms. The lowest BCUT2D eigenvalue weighted by Crippen LogP contribution is -2.50. The van der Waals surface area contributed by atoms with Crippen LogP contribution < -0.4 is 0 Å². The summed E-state index contributed by atoms with van der Waals surface area (Å²) < 4.78 is 50.0. The summed E-state index contributed by atoms with van der Waals surface area (Å²) in [5, 5.41) is -0.569. The highest BCUT2D eigenvalue weighted by Gasteiger charge is 2.50. The quantitative estimate of drug-likeness (QED) is 0.324. The van der Waals surface area contributed by atoms with Gasteiger partial charge in [-0.1, -0.05) is 62.7 Å². The molecule has 0 N–H and O–H groups in total.